The first kappa shape index (κ1) is 20.6. The van der Waals surface area contributed by atoms with Crippen LogP contribution in [0.1, 0.15) is 44.3 Å². The summed E-state index contributed by atoms with van der Waals surface area (Å²) in [6, 6.07) is 8.48. The molecule has 1 spiro atoms. The van der Waals surface area contributed by atoms with Crippen molar-refractivity contribution in [1.82, 2.24) is 15.6 Å². The van der Waals surface area contributed by atoms with Crippen LogP contribution in [0, 0.1) is 5.82 Å². The molecule has 2 fully saturated rings. The van der Waals surface area contributed by atoms with Gasteiger partial charge >= 0.3 is 0 Å². The van der Waals surface area contributed by atoms with Crippen LogP contribution in [0.5, 0.6) is 5.75 Å². The summed E-state index contributed by atoms with van der Waals surface area (Å²) in [4.78, 5) is 16.9. The molecule has 28 heavy (non-hydrogen) atoms. The molecule has 5 nitrogen and oxygen atoms in total. The van der Waals surface area contributed by atoms with E-state index in [2.05, 4.69) is 15.6 Å². The Labute approximate surface area is 170 Å². The standard InChI is InChI=1S/C21H24FN3O2.ClH/c1-2-27-15-4-5-17(22)16(13-15)14-7-11-23-19(12-14)18-6-9-21(25-18)8-3-10-24-20(21)26;/h4-5,7,11-13,18,25H,2-3,6,8-10H2,1H3,(H,24,26);1H/t18-,21+;/m1./s1. The molecule has 0 saturated carbocycles. The molecule has 2 atom stereocenters. The molecule has 2 saturated heterocycles. The van der Waals surface area contributed by atoms with E-state index in [9.17, 15) is 9.18 Å². The zero-order valence-corrected chi connectivity index (χ0v) is 16.7. The molecule has 1 aromatic carbocycles. The van der Waals surface area contributed by atoms with Crippen molar-refractivity contribution in [1.29, 1.82) is 0 Å². The Morgan fingerprint density at radius 3 is 2.93 bits per heavy atom. The van der Waals surface area contributed by atoms with E-state index in [1.807, 2.05) is 13.0 Å². The number of carbonyl (C=O) groups excluding carboxylic acids is 1. The largest absolute Gasteiger partial charge is 0.494 e. The smallest absolute Gasteiger partial charge is 0.240 e. The van der Waals surface area contributed by atoms with Crippen molar-refractivity contribution in [3.63, 3.8) is 0 Å². The summed E-state index contributed by atoms with van der Waals surface area (Å²) in [7, 11) is 0. The molecule has 150 valence electrons. The summed E-state index contributed by atoms with van der Waals surface area (Å²) in [6.07, 6.45) is 5.16. The molecule has 2 aliphatic heterocycles. The minimum absolute atomic E-state index is 0. The second-order valence-corrected chi connectivity index (χ2v) is 7.22. The van der Waals surface area contributed by atoms with E-state index in [-0.39, 0.29) is 30.2 Å². The van der Waals surface area contributed by atoms with Gasteiger partial charge in [0.2, 0.25) is 5.91 Å². The van der Waals surface area contributed by atoms with Gasteiger partial charge in [0.15, 0.2) is 0 Å². The van der Waals surface area contributed by atoms with Gasteiger partial charge in [-0.2, -0.15) is 0 Å². The fourth-order valence-corrected chi connectivity index (χ4v) is 4.13. The SMILES string of the molecule is CCOc1ccc(F)c(-c2ccnc([C@H]3CC[C@]4(CCCNC4=O)N3)c2)c1.Cl. The number of nitrogens with one attached hydrogen (secondary N) is 2. The van der Waals surface area contributed by atoms with Crippen molar-refractivity contribution in [3.8, 4) is 16.9 Å². The van der Waals surface area contributed by atoms with Gasteiger partial charge in [-0.1, -0.05) is 0 Å². The Morgan fingerprint density at radius 1 is 1.29 bits per heavy atom. The number of pyridine rings is 1. The second-order valence-electron chi connectivity index (χ2n) is 7.22. The average molecular weight is 406 g/mol. The molecule has 1 aromatic heterocycles. The Morgan fingerprint density at radius 2 is 2.14 bits per heavy atom. The zero-order chi connectivity index (χ0) is 18.9. The predicted octanol–water partition coefficient (Wildman–Crippen LogP) is 3.78. The van der Waals surface area contributed by atoms with E-state index in [0.717, 1.165) is 43.5 Å². The maximum Gasteiger partial charge on any atom is 0.240 e. The maximum atomic E-state index is 14.4. The van der Waals surface area contributed by atoms with Gasteiger partial charge in [-0.15, -0.1) is 12.4 Å². The Balaban J connectivity index is 0.00000225. The van der Waals surface area contributed by atoms with Crippen molar-refractivity contribution in [2.45, 2.75) is 44.2 Å². The topological polar surface area (TPSA) is 63.2 Å². The molecule has 2 aliphatic rings. The molecule has 1 amide bonds. The quantitative estimate of drug-likeness (QED) is 0.812. The van der Waals surface area contributed by atoms with Crippen LogP contribution in [0.25, 0.3) is 11.1 Å². The monoisotopic (exact) mass is 405 g/mol. The Bertz CT molecular complexity index is 863. The highest BCUT2D eigenvalue weighted by Crippen LogP contribution is 2.37. The number of aromatic nitrogens is 1. The normalized spacial score (nSPS) is 23.9. The molecular formula is C21H25ClFN3O2. The van der Waals surface area contributed by atoms with Crippen LogP contribution in [-0.2, 0) is 4.79 Å². The van der Waals surface area contributed by atoms with E-state index in [1.165, 1.54) is 6.07 Å². The number of hydrogen-bond donors (Lipinski definition) is 2. The first-order valence-electron chi connectivity index (χ1n) is 9.56. The van der Waals surface area contributed by atoms with Crippen LogP contribution in [0.2, 0.25) is 0 Å². The number of carbonyl (C=O) groups is 1. The van der Waals surface area contributed by atoms with Crippen LogP contribution >= 0.6 is 12.4 Å². The van der Waals surface area contributed by atoms with Crippen LogP contribution < -0.4 is 15.4 Å². The number of rotatable bonds is 4. The number of hydrogen-bond acceptors (Lipinski definition) is 4. The lowest BCUT2D eigenvalue weighted by Gasteiger charge is -2.33. The van der Waals surface area contributed by atoms with Crippen molar-refractivity contribution < 1.29 is 13.9 Å². The van der Waals surface area contributed by atoms with E-state index < -0.39 is 5.54 Å². The molecule has 0 unspecified atom stereocenters. The van der Waals surface area contributed by atoms with Crippen molar-refractivity contribution >= 4 is 18.3 Å². The van der Waals surface area contributed by atoms with Gasteiger partial charge in [0.1, 0.15) is 11.6 Å². The lowest BCUT2D eigenvalue weighted by molar-refractivity contribution is -0.129. The first-order valence-corrected chi connectivity index (χ1v) is 9.56. The number of piperidine rings is 1. The summed E-state index contributed by atoms with van der Waals surface area (Å²) in [5.41, 5.74) is 1.60. The highest BCUT2D eigenvalue weighted by molar-refractivity contribution is 5.87. The van der Waals surface area contributed by atoms with Gasteiger partial charge in [-0.05, 0) is 68.5 Å². The van der Waals surface area contributed by atoms with Gasteiger partial charge in [0.05, 0.1) is 23.9 Å². The molecule has 4 rings (SSSR count). The Hall–Kier alpha value is -2.18. The minimum atomic E-state index is -0.485. The molecule has 2 aromatic rings. The lowest BCUT2D eigenvalue weighted by atomic mass is 9.88. The number of amides is 1. The van der Waals surface area contributed by atoms with Crippen molar-refractivity contribution in [3.05, 3.63) is 48.0 Å². The highest BCUT2D eigenvalue weighted by atomic mass is 35.5. The van der Waals surface area contributed by atoms with Crippen LogP contribution in [-0.4, -0.2) is 29.6 Å². The number of benzene rings is 1. The third-order valence-corrected chi connectivity index (χ3v) is 5.51. The van der Waals surface area contributed by atoms with Gasteiger partial charge in [-0.3, -0.25) is 15.1 Å². The summed E-state index contributed by atoms with van der Waals surface area (Å²) in [5.74, 6) is 0.435. The second kappa shape index (κ2) is 8.45. The fourth-order valence-electron chi connectivity index (χ4n) is 4.13. The molecular weight excluding hydrogens is 381 g/mol. The fraction of sp³-hybridized carbons (Fsp3) is 0.429. The zero-order valence-electron chi connectivity index (χ0n) is 15.8. The molecule has 0 aliphatic carbocycles. The average Bonchev–Trinajstić information content (AvgIpc) is 3.11. The highest BCUT2D eigenvalue weighted by Gasteiger charge is 2.46. The molecule has 0 bridgehead atoms. The van der Waals surface area contributed by atoms with Crippen LogP contribution in [0.4, 0.5) is 4.39 Å². The third kappa shape index (κ3) is 3.84. The Kier molecular flexibility index (Phi) is 6.20. The lowest BCUT2D eigenvalue weighted by Crippen LogP contribution is -2.57. The first-order chi connectivity index (χ1) is 13.1. The summed E-state index contributed by atoms with van der Waals surface area (Å²) < 4.78 is 19.9. The summed E-state index contributed by atoms with van der Waals surface area (Å²) in [6.45, 7) is 3.18. The number of halogens is 2. The molecule has 0 radical (unpaired) electrons. The van der Waals surface area contributed by atoms with Crippen molar-refractivity contribution in [2.75, 3.05) is 13.2 Å². The van der Waals surface area contributed by atoms with E-state index in [1.54, 1.807) is 24.4 Å². The molecule has 3 heterocycles. The molecule has 2 N–H and O–H groups in total. The van der Waals surface area contributed by atoms with Gasteiger partial charge < -0.3 is 10.1 Å². The van der Waals surface area contributed by atoms with Gasteiger partial charge in [-0.25, -0.2) is 4.39 Å². The maximum absolute atomic E-state index is 14.4. The van der Waals surface area contributed by atoms with Crippen LogP contribution in [0.15, 0.2) is 36.5 Å². The van der Waals surface area contributed by atoms with Crippen LogP contribution in [0.3, 0.4) is 0 Å². The summed E-state index contributed by atoms with van der Waals surface area (Å²) in [5, 5.41) is 6.47. The van der Waals surface area contributed by atoms with E-state index >= 15 is 0 Å². The van der Waals surface area contributed by atoms with Crippen molar-refractivity contribution in [2.24, 2.45) is 0 Å². The van der Waals surface area contributed by atoms with E-state index in [0.29, 0.717) is 17.9 Å². The summed E-state index contributed by atoms with van der Waals surface area (Å²) >= 11 is 0. The predicted molar refractivity (Wildman–Crippen MR) is 108 cm³/mol. The third-order valence-electron chi connectivity index (χ3n) is 5.51. The molecule has 7 heteroatoms. The number of nitrogens with zero attached hydrogens (tertiary/aromatic N) is 1. The van der Waals surface area contributed by atoms with Gasteiger partial charge in [0.25, 0.3) is 0 Å². The van der Waals surface area contributed by atoms with E-state index in [4.69, 9.17) is 4.74 Å². The number of ether oxygens (including phenoxy) is 1. The minimum Gasteiger partial charge on any atom is -0.494 e. The van der Waals surface area contributed by atoms with Gasteiger partial charge in [0, 0.05) is 18.3 Å².